The molecule has 0 aliphatic carbocycles. The second kappa shape index (κ2) is 13.0. The highest BCUT2D eigenvalue weighted by Gasteiger charge is 2.30. The molecule has 3 aromatic carbocycles. The fourth-order valence-corrected chi connectivity index (χ4v) is 4.64. The molecule has 10 heteroatoms. The summed E-state index contributed by atoms with van der Waals surface area (Å²) < 4.78 is 37.6. The summed E-state index contributed by atoms with van der Waals surface area (Å²) in [5, 5.41) is 2.73. The highest BCUT2D eigenvalue weighted by Crippen LogP contribution is 2.26. The summed E-state index contributed by atoms with van der Waals surface area (Å²) in [6.07, 6.45) is 1.04. The molecule has 1 N–H and O–H groups in total. The number of ether oxygens (including phenoxy) is 2. The van der Waals surface area contributed by atoms with Crippen molar-refractivity contribution in [1.82, 2.24) is 10.2 Å². The molecule has 3 aromatic rings. The Balaban J connectivity index is 1.86. The number of hydrogen-bond acceptors (Lipinski definition) is 6. The lowest BCUT2D eigenvalue weighted by Crippen LogP contribution is -2.51. The third kappa shape index (κ3) is 7.72. The van der Waals surface area contributed by atoms with E-state index >= 15 is 0 Å². The van der Waals surface area contributed by atoms with Crippen LogP contribution in [0.15, 0.2) is 78.9 Å². The number of carbonyl (C=O) groups is 2. The summed E-state index contributed by atoms with van der Waals surface area (Å²) in [5.74, 6) is 0.905. The molecule has 0 aromatic heterocycles. The van der Waals surface area contributed by atoms with E-state index in [2.05, 4.69) is 5.32 Å². The minimum Gasteiger partial charge on any atom is -0.497 e. The number of rotatable bonds is 12. The molecular formula is C28H33N3O6S. The second-order valence-corrected chi connectivity index (χ2v) is 10.5. The van der Waals surface area contributed by atoms with Crippen LogP contribution in [-0.2, 0) is 26.2 Å². The van der Waals surface area contributed by atoms with Gasteiger partial charge in [-0.25, -0.2) is 8.42 Å². The van der Waals surface area contributed by atoms with Crippen LogP contribution in [0.5, 0.6) is 17.2 Å². The number of anilines is 1. The van der Waals surface area contributed by atoms with E-state index in [0.717, 1.165) is 16.1 Å². The van der Waals surface area contributed by atoms with E-state index in [1.54, 1.807) is 63.4 Å². The molecule has 3 rings (SSSR count). The minimum absolute atomic E-state index is 0.0930. The number of carbonyl (C=O) groups excluding carboxylic acids is 2. The predicted molar refractivity (Wildman–Crippen MR) is 147 cm³/mol. The molecule has 0 fully saturated rings. The average Bonchev–Trinajstić information content (AvgIpc) is 2.90. The van der Waals surface area contributed by atoms with Gasteiger partial charge in [0.15, 0.2) is 0 Å². The number of nitrogens with zero attached hydrogens (tertiary/aromatic N) is 2. The molecule has 0 saturated heterocycles. The van der Waals surface area contributed by atoms with Crippen molar-refractivity contribution in [3.8, 4) is 17.2 Å². The quantitative estimate of drug-likeness (QED) is 0.375. The van der Waals surface area contributed by atoms with E-state index in [-0.39, 0.29) is 12.5 Å². The predicted octanol–water partition coefficient (Wildman–Crippen LogP) is 3.81. The summed E-state index contributed by atoms with van der Waals surface area (Å²) in [4.78, 5) is 27.6. The van der Waals surface area contributed by atoms with Crippen molar-refractivity contribution in [3.05, 3.63) is 84.4 Å². The molecule has 0 saturated carbocycles. The molecule has 0 bridgehead atoms. The smallest absolute Gasteiger partial charge is 0.244 e. The van der Waals surface area contributed by atoms with E-state index < -0.39 is 28.5 Å². The fraction of sp³-hybridized carbons (Fsp3) is 0.286. The van der Waals surface area contributed by atoms with Gasteiger partial charge in [-0.1, -0.05) is 30.3 Å². The molecule has 0 spiro atoms. The maximum Gasteiger partial charge on any atom is 0.244 e. The van der Waals surface area contributed by atoms with E-state index in [9.17, 15) is 18.0 Å². The van der Waals surface area contributed by atoms with Crippen molar-refractivity contribution < 1.29 is 27.5 Å². The fourth-order valence-electron chi connectivity index (χ4n) is 3.79. The van der Waals surface area contributed by atoms with Crippen LogP contribution in [0.4, 0.5) is 5.69 Å². The molecule has 0 radical (unpaired) electrons. The summed E-state index contributed by atoms with van der Waals surface area (Å²) in [6.45, 7) is 3.41. The second-order valence-electron chi connectivity index (χ2n) is 8.62. The highest BCUT2D eigenvalue weighted by molar-refractivity contribution is 7.92. The van der Waals surface area contributed by atoms with Crippen LogP contribution >= 0.6 is 0 Å². The number of benzene rings is 3. The van der Waals surface area contributed by atoms with Gasteiger partial charge >= 0.3 is 0 Å². The van der Waals surface area contributed by atoms with Gasteiger partial charge < -0.3 is 19.7 Å². The van der Waals surface area contributed by atoms with Gasteiger partial charge in [0.1, 0.15) is 29.8 Å². The molecule has 0 unspecified atom stereocenters. The van der Waals surface area contributed by atoms with Crippen molar-refractivity contribution in [1.29, 1.82) is 0 Å². The summed E-state index contributed by atoms with van der Waals surface area (Å²) in [6, 6.07) is 21.9. The number of likely N-dealkylation sites (N-methyl/N-ethyl adjacent to an activating group) is 1. The van der Waals surface area contributed by atoms with Gasteiger partial charge in [-0.15, -0.1) is 0 Å². The summed E-state index contributed by atoms with van der Waals surface area (Å²) >= 11 is 0. The Kier molecular flexibility index (Phi) is 9.72. The minimum atomic E-state index is -3.83. The third-order valence-corrected chi connectivity index (χ3v) is 6.93. The number of amides is 2. The Morgan fingerprint density at radius 1 is 0.921 bits per heavy atom. The lowest BCUT2D eigenvalue weighted by Gasteiger charge is -2.31. The monoisotopic (exact) mass is 539 g/mol. The van der Waals surface area contributed by atoms with Crippen molar-refractivity contribution in [2.24, 2.45) is 0 Å². The third-order valence-electron chi connectivity index (χ3n) is 5.79. The Morgan fingerprint density at radius 3 is 2.16 bits per heavy atom. The van der Waals surface area contributed by atoms with E-state index in [1.165, 1.54) is 4.90 Å². The molecule has 0 heterocycles. The molecule has 38 heavy (non-hydrogen) atoms. The first-order valence-electron chi connectivity index (χ1n) is 12.1. The first-order valence-corrected chi connectivity index (χ1v) is 14.0. The number of sulfonamides is 1. The lowest BCUT2D eigenvalue weighted by atomic mass is 10.1. The first kappa shape index (κ1) is 28.5. The standard InChI is InChI=1S/C28H33N3O6S/c1-5-29-28(33)21(2)30(19-22-10-9-13-26(18-22)36-3)27(32)20-31(38(4,34)35)23-14-16-25(17-15-23)37-24-11-7-6-8-12-24/h6-18,21H,5,19-20H2,1-4H3,(H,29,33)/t21-/m0/s1. The maximum absolute atomic E-state index is 13.6. The number of para-hydroxylation sites is 1. The Bertz CT molecular complexity index is 1330. The largest absolute Gasteiger partial charge is 0.497 e. The van der Waals surface area contributed by atoms with Crippen LogP contribution in [0.2, 0.25) is 0 Å². The Labute approximate surface area is 224 Å². The lowest BCUT2D eigenvalue weighted by molar-refractivity contribution is -0.139. The van der Waals surface area contributed by atoms with Crippen molar-refractivity contribution in [2.75, 3.05) is 30.8 Å². The zero-order valence-electron chi connectivity index (χ0n) is 22.0. The van der Waals surface area contributed by atoms with Gasteiger partial charge in [0.25, 0.3) is 0 Å². The van der Waals surface area contributed by atoms with Crippen LogP contribution < -0.4 is 19.1 Å². The molecule has 0 aliphatic rings. The average molecular weight is 540 g/mol. The number of methoxy groups -OCH3 is 1. The molecule has 9 nitrogen and oxygen atoms in total. The van der Waals surface area contributed by atoms with Gasteiger partial charge in [-0.3, -0.25) is 13.9 Å². The van der Waals surface area contributed by atoms with E-state index in [4.69, 9.17) is 9.47 Å². The maximum atomic E-state index is 13.6. The molecule has 202 valence electrons. The van der Waals surface area contributed by atoms with Gasteiger partial charge in [0.2, 0.25) is 21.8 Å². The van der Waals surface area contributed by atoms with Crippen LogP contribution in [0, 0.1) is 0 Å². The van der Waals surface area contributed by atoms with Crippen molar-refractivity contribution in [3.63, 3.8) is 0 Å². The zero-order chi connectivity index (χ0) is 27.7. The van der Waals surface area contributed by atoms with Crippen LogP contribution in [0.25, 0.3) is 0 Å². The van der Waals surface area contributed by atoms with Gasteiger partial charge in [0.05, 0.1) is 19.1 Å². The molecular weight excluding hydrogens is 506 g/mol. The summed E-state index contributed by atoms with van der Waals surface area (Å²) in [5.41, 5.74) is 1.04. The topological polar surface area (TPSA) is 105 Å². The van der Waals surface area contributed by atoms with Gasteiger partial charge in [-0.2, -0.15) is 0 Å². The number of nitrogens with one attached hydrogen (secondary N) is 1. The first-order chi connectivity index (χ1) is 18.1. The van der Waals surface area contributed by atoms with E-state index in [1.807, 2.05) is 36.4 Å². The SMILES string of the molecule is CCNC(=O)[C@H](C)N(Cc1cccc(OC)c1)C(=O)CN(c1ccc(Oc2ccccc2)cc1)S(C)(=O)=O. The highest BCUT2D eigenvalue weighted by atomic mass is 32.2. The zero-order valence-corrected chi connectivity index (χ0v) is 22.8. The van der Waals surface area contributed by atoms with Crippen molar-refractivity contribution in [2.45, 2.75) is 26.4 Å². The van der Waals surface area contributed by atoms with Gasteiger partial charge in [-0.05, 0) is 67.9 Å². The summed E-state index contributed by atoms with van der Waals surface area (Å²) in [7, 11) is -2.29. The molecule has 1 atom stereocenters. The Morgan fingerprint density at radius 2 is 1.55 bits per heavy atom. The van der Waals surface area contributed by atoms with E-state index in [0.29, 0.717) is 29.5 Å². The van der Waals surface area contributed by atoms with Gasteiger partial charge in [0, 0.05) is 13.1 Å². The van der Waals surface area contributed by atoms with Crippen LogP contribution in [-0.4, -0.2) is 57.6 Å². The number of hydrogen-bond donors (Lipinski definition) is 1. The normalized spacial score (nSPS) is 11.8. The van der Waals surface area contributed by atoms with Crippen LogP contribution in [0.3, 0.4) is 0 Å². The molecule has 2 amide bonds. The molecule has 0 aliphatic heterocycles. The van der Waals surface area contributed by atoms with Crippen LogP contribution in [0.1, 0.15) is 19.4 Å². The Hall–Kier alpha value is -4.05. The van der Waals surface area contributed by atoms with Crippen molar-refractivity contribution >= 4 is 27.5 Å².